The second kappa shape index (κ2) is 6.96. The van der Waals surface area contributed by atoms with E-state index in [9.17, 15) is 4.79 Å². The number of nitrogens with zero attached hydrogens (tertiary/aromatic N) is 1. The van der Waals surface area contributed by atoms with Gasteiger partial charge in [0.05, 0.1) is 12.8 Å². The summed E-state index contributed by atoms with van der Waals surface area (Å²) < 4.78 is 10.6. The molecule has 1 amide bonds. The van der Waals surface area contributed by atoms with Gasteiger partial charge in [-0.15, -0.1) is 0 Å². The minimum Gasteiger partial charge on any atom is -0.493 e. The van der Waals surface area contributed by atoms with Crippen LogP contribution in [0.1, 0.15) is 17.5 Å². The smallest absolute Gasteiger partial charge is 0.277 e. The van der Waals surface area contributed by atoms with E-state index in [1.165, 1.54) is 5.56 Å². The summed E-state index contributed by atoms with van der Waals surface area (Å²) >= 11 is 0. The Labute approximate surface area is 134 Å². The summed E-state index contributed by atoms with van der Waals surface area (Å²) in [6.07, 6.45) is 1.80. The van der Waals surface area contributed by atoms with Crippen molar-refractivity contribution in [2.45, 2.75) is 12.8 Å². The zero-order chi connectivity index (χ0) is 16.1. The Kier molecular flexibility index (Phi) is 4.57. The van der Waals surface area contributed by atoms with Crippen LogP contribution in [0.2, 0.25) is 0 Å². The van der Waals surface area contributed by atoms with Gasteiger partial charge in [0, 0.05) is 5.56 Å². The van der Waals surface area contributed by atoms with Gasteiger partial charge in [-0.05, 0) is 30.5 Å². The second-order valence-electron chi connectivity index (χ2n) is 5.19. The molecule has 0 atom stereocenters. The highest BCUT2D eigenvalue weighted by Gasteiger charge is 2.17. The zero-order valence-corrected chi connectivity index (χ0v) is 12.9. The maximum Gasteiger partial charge on any atom is 0.277 e. The van der Waals surface area contributed by atoms with E-state index >= 15 is 0 Å². The minimum atomic E-state index is -0.298. The van der Waals surface area contributed by atoms with Crippen LogP contribution >= 0.6 is 0 Å². The van der Waals surface area contributed by atoms with E-state index in [1.54, 1.807) is 19.2 Å². The van der Waals surface area contributed by atoms with Gasteiger partial charge in [0.15, 0.2) is 18.1 Å². The van der Waals surface area contributed by atoms with Crippen LogP contribution in [0.15, 0.2) is 53.6 Å². The number of aryl methyl sites for hydroxylation is 1. The highest BCUT2D eigenvalue weighted by Crippen LogP contribution is 2.25. The molecular formula is C18H18N2O3. The molecule has 2 aromatic carbocycles. The molecule has 118 valence electrons. The maximum atomic E-state index is 11.9. The third-order valence-corrected chi connectivity index (χ3v) is 3.70. The van der Waals surface area contributed by atoms with Gasteiger partial charge in [0.1, 0.15) is 0 Å². The van der Waals surface area contributed by atoms with Gasteiger partial charge < -0.3 is 9.47 Å². The fraction of sp³-hybridized carbons (Fsp3) is 0.222. The van der Waals surface area contributed by atoms with Crippen molar-refractivity contribution in [1.29, 1.82) is 0 Å². The van der Waals surface area contributed by atoms with Crippen LogP contribution in [-0.2, 0) is 11.2 Å². The van der Waals surface area contributed by atoms with Crippen molar-refractivity contribution in [2.75, 3.05) is 13.7 Å². The Bertz CT molecular complexity index is 741. The highest BCUT2D eigenvalue weighted by molar-refractivity contribution is 6.04. The number of nitrogens with one attached hydrogen (secondary N) is 1. The monoisotopic (exact) mass is 310 g/mol. The molecule has 0 spiro atoms. The largest absolute Gasteiger partial charge is 0.493 e. The third kappa shape index (κ3) is 3.51. The van der Waals surface area contributed by atoms with Crippen molar-refractivity contribution in [3.8, 4) is 11.5 Å². The quantitative estimate of drug-likeness (QED) is 0.863. The molecule has 1 aliphatic rings. The summed E-state index contributed by atoms with van der Waals surface area (Å²) in [6, 6.07) is 15.3. The van der Waals surface area contributed by atoms with Gasteiger partial charge in [0.25, 0.3) is 5.91 Å². The Hall–Kier alpha value is -2.82. The predicted octanol–water partition coefficient (Wildman–Crippen LogP) is 2.54. The van der Waals surface area contributed by atoms with Crippen LogP contribution in [0.3, 0.4) is 0 Å². The molecule has 23 heavy (non-hydrogen) atoms. The van der Waals surface area contributed by atoms with Crippen molar-refractivity contribution >= 4 is 11.6 Å². The lowest BCUT2D eigenvalue weighted by molar-refractivity contribution is -0.123. The van der Waals surface area contributed by atoms with Crippen molar-refractivity contribution < 1.29 is 14.3 Å². The number of benzene rings is 2. The molecule has 5 heteroatoms. The fourth-order valence-electron chi connectivity index (χ4n) is 2.57. The first kappa shape index (κ1) is 15.1. The maximum absolute atomic E-state index is 11.9. The van der Waals surface area contributed by atoms with Gasteiger partial charge in [-0.2, -0.15) is 5.10 Å². The molecule has 0 bridgehead atoms. The number of carbonyl (C=O) groups excluding carboxylic acids is 1. The number of hydrogen-bond acceptors (Lipinski definition) is 4. The molecule has 0 aliphatic heterocycles. The molecule has 1 aliphatic carbocycles. The first-order valence-corrected chi connectivity index (χ1v) is 7.47. The summed E-state index contributed by atoms with van der Waals surface area (Å²) in [5.74, 6) is 0.827. The van der Waals surface area contributed by atoms with Gasteiger partial charge in [-0.1, -0.05) is 36.4 Å². The van der Waals surface area contributed by atoms with Crippen molar-refractivity contribution in [3.63, 3.8) is 0 Å². The highest BCUT2D eigenvalue weighted by atomic mass is 16.5. The standard InChI is InChI=1S/C18H18N2O3/c1-22-16-8-4-5-9-17(16)23-12-18(21)20-19-15-11-10-13-6-2-3-7-14(13)15/h2-9H,10-12H2,1H3,(H,20,21)/b19-15+. The number of amides is 1. The summed E-state index contributed by atoms with van der Waals surface area (Å²) in [4.78, 5) is 11.9. The number of hydrazone groups is 1. The first-order valence-electron chi connectivity index (χ1n) is 7.47. The first-order chi connectivity index (χ1) is 11.3. The Morgan fingerprint density at radius 1 is 1.09 bits per heavy atom. The third-order valence-electron chi connectivity index (χ3n) is 3.70. The Morgan fingerprint density at radius 2 is 1.83 bits per heavy atom. The number of hydrogen-bond donors (Lipinski definition) is 1. The number of methoxy groups -OCH3 is 1. The number of rotatable bonds is 5. The van der Waals surface area contributed by atoms with Crippen molar-refractivity contribution in [2.24, 2.45) is 5.10 Å². The molecule has 0 heterocycles. The normalized spacial score (nSPS) is 14.4. The Balaban J connectivity index is 1.57. The van der Waals surface area contributed by atoms with Crippen LogP contribution in [-0.4, -0.2) is 25.3 Å². The number of carbonyl (C=O) groups is 1. The number of fused-ring (bicyclic) bond motifs is 1. The molecule has 0 unspecified atom stereocenters. The molecule has 0 aromatic heterocycles. The van der Waals surface area contributed by atoms with Crippen LogP contribution in [0.4, 0.5) is 0 Å². The average molecular weight is 310 g/mol. The van der Waals surface area contributed by atoms with Crippen LogP contribution in [0, 0.1) is 0 Å². The zero-order valence-electron chi connectivity index (χ0n) is 12.9. The van der Waals surface area contributed by atoms with E-state index in [0.717, 1.165) is 24.1 Å². The van der Waals surface area contributed by atoms with Gasteiger partial charge in [0.2, 0.25) is 0 Å². The molecule has 2 aromatic rings. The van der Waals surface area contributed by atoms with Gasteiger partial charge >= 0.3 is 0 Å². The molecule has 0 saturated heterocycles. The van der Waals surface area contributed by atoms with Gasteiger partial charge in [-0.25, -0.2) is 5.43 Å². The molecular weight excluding hydrogens is 292 g/mol. The van der Waals surface area contributed by atoms with E-state index < -0.39 is 0 Å². The van der Waals surface area contributed by atoms with Gasteiger partial charge in [-0.3, -0.25) is 4.79 Å². The molecule has 0 fully saturated rings. The second-order valence-corrected chi connectivity index (χ2v) is 5.19. The summed E-state index contributed by atoms with van der Waals surface area (Å²) in [5, 5.41) is 4.23. The lowest BCUT2D eigenvalue weighted by Gasteiger charge is -2.09. The Morgan fingerprint density at radius 3 is 2.65 bits per heavy atom. The molecule has 3 rings (SSSR count). The fourth-order valence-corrected chi connectivity index (χ4v) is 2.57. The molecule has 1 N–H and O–H groups in total. The van der Waals surface area contributed by atoms with Crippen molar-refractivity contribution in [1.82, 2.24) is 5.43 Å². The predicted molar refractivity (Wildman–Crippen MR) is 87.9 cm³/mol. The number of para-hydroxylation sites is 2. The summed E-state index contributed by atoms with van der Waals surface area (Å²) in [7, 11) is 1.56. The van der Waals surface area contributed by atoms with Crippen molar-refractivity contribution in [3.05, 3.63) is 59.7 Å². The minimum absolute atomic E-state index is 0.112. The topological polar surface area (TPSA) is 59.9 Å². The van der Waals surface area contributed by atoms with E-state index in [1.807, 2.05) is 30.3 Å². The molecule has 5 nitrogen and oxygen atoms in total. The summed E-state index contributed by atoms with van der Waals surface area (Å²) in [6.45, 7) is -0.112. The van der Waals surface area contributed by atoms with Crippen LogP contribution < -0.4 is 14.9 Å². The number of ether oxygens (including phenoxy) is 2. The van der Waals surface area contributed by atoms with Crippen LogP contribution in [0.5, 0.6) is 11.5 Å². The lowest BCUT2D eigenvalue weighted by Crippen LogP contribution is -2.25. The van der Waals surface area contributed by atoms with E-state index in [2.05, 4.69) is 16.6 Å². The van der Waals surface area contributed by atoms with E-state index in [-0.39, 0.29) is 12.5 Å². The van der Waals surface area contributed by atoms with Crippen LogP contribution in [0.25, 0.3) is 0 Å². The average Bonchev–Trinajstić information content (AvgIpc) is 3.01. The molecule has 0 saturated carbocycles. The van der Waals surface area contributed by atoms with E-state index in [4.69, 9.17) is 9.47 Å². The summed E-state index contributed by atoms with van der Waals surface area (Å²) in [5.41, 5.74) is 5.84. The SMILES string of the molecule is COc1ccccc1OCC(=O)N/N=C1\CCc2ccccc21. The van der Waals surface area contributed by atoms with E-state index in [0.29, 0.717) is 11.5 Å². The molecule has 0 radical (unpaired) electrons. The lowest BCUT2D eigenvalue weighted by atomic mass is 10.1.